The van der Waals surface area contributed by atoms with E-state index >= 15 is 0 Å². The predicted octanol–water partition coefficient (Wildman–Crippen LogP) is 2.86. The molecule has 144 valence electrons. The lowest BCUT2D eigenvalue weighted by Gasteiger charge is -2.19. The maximum atomic E-state index is 12.3. The van der Waals surface area contributed by atoms with Gasteiger partial charge < -0.3 is 9.64 Å². The molecule has 0 radical (unpaired) electrons. The number of hydrogen-bond acceptors (Lipinski definition) is 6. The molecule has 27 heavy (non-hydrogen) atoms. The van der Waals surface area contributed by atoms with Crippen LogP contribution < -0.4 is 0 Å². The second-order valence-corrected chi connectivity index (χ2v) is 7.26. The van der Waals surface area contributed by atoms with Crippen LogP contribution in [-0.4, -0.2) is 57.5 Å². The van der Waals surface area contributed by atoms with Gasteiger partial charge in [-0.2, -0.15) is 0 Å². The lowest BCUT2D eigenvalue weighted by Crippen LogP contribution is -2.35. The van der Waals surface area contributed by atoms with E-state index in [9.17, 15) is 9.59 Å². The monoisotopic (exact) mass is 388 g/mol. The number of hydrogen-bond donors (Lipinski definition) is 0. The number of rotatable bonds is 5. The van der Waals surface area contributed by atoms with Crippen LogP contribution in [0, 0.1) is 6.92 Å². The van der Waals surface area contributed by atoms with Crippen LogP contribution in [0.25, 0.3) is 5.69 Å². The van der Waals surface area contributed by atoms with Gasteiger partial charge in [0.15, 0.2) is 11.8 Å². The van der Waals surface area contributed by atoms with E-state index in [1.54, 1.807) is 17.0 Å². The molecule has 1 aliphatic rings. The van der Waals surface area contributed by atoms with Crippen molar-refractivity contribution in [2.24, 2.45) is 0 Å². The van der Waals surface area contributed by atoms with Crippen molar-refractivity contribution in [3.8, 4) is 5.69 Å². The van der Waals surface area contributed by atoms with Gasteiger partial charge in [-0.25, -0.2) is 4.79 Å². The minimum atomic E-state index is -0.490. The van der Waals surface area contributed by atoms with Gasteiger partial charge in [-0.05, 0) is 50.3 Å². The summed E-state index contributed by atoms with van der Waals surface area (Å²) in [6.45, 7) is 3.17. The van der Waals surface area contributed by atoms with Crippen LogP contribution in [0.2, 0.25) is 0 Å². The molecule has 1 saturated heterocycles. The molecular weight excluding hydrogens is 364 g/mol. The van der Waals surface area contributed by atoms with Gasteiger partial charge in [-0.15, -0.1) is 10.2 Å². The van der Waals surface area contributed by atoms with Crippen molar-refractivity contribution >= 4 is 23.6 Å². The molecule has 0 N–H and O–H groups in total. The summed E-state index contributed by atoms with van der Waals surface area (Å²) < 4.78 is 7.14. The van der Waals surface area contributed by atoms with Gasteiger partial charge in [0, 0.05) is 18.8 Å². The Morgan fingerprint density at radius 1 is 1.07 bits per heavy atom. The number of nitrogens with zero attached hydrogens (tertiary/aromatic N) is 4. The molecule has 1 aliphatic heterocycles. The normalized spacial score (nSPS) is 14.7. The average Bonchev–Trinajstić information content (AvgIpc) is 2.88. The van der Waals surface area contributed by atoms with Crippen LogP contribution in [0.15, 0.2) is 29.4 Å². The van der Waals surface area contributed by atoms with Crippen molar-refractivity contribution in [3.63, 3.8) is 0 Å². The molecule has 0 unspecified atom stereocenters. The zero-order valence-electron chi connectivity index (χ0n) is 15.7. The van der Waals surface area contributed by atoms with Gasteiger partial charge in [0.2, 0.25) is 0 Å². The molecule has 0 saturated carbocycles. The van der Waals surface area contributed by atoms with Crippen LogP contribution in [0.3, 0.4) is 0 Å². The Morgan fingerprint density at radius 3 is 2.37 bits per heavy atom. The van der Waals surface area contributed by atoms with E-state index in [1.807, 2.05) is 29.9 Å². The van der Waals surface area contributed by atoms with Gasteiger partial charge in [-0.1, -0.05) is 24.6 Å². The highest BCUT2D eigenvalue weighted by molar-refractivity contribution is 7.98. The van der Waals surface area contributed by atoms with Gasteiger partial charge >= 0.3 is 5.97 Å². The first-order valence-corrected chi connectivity index (χ1v) is 10.3. The number of amides is 1. The summed E-state index contributed by atoms with van der Waals surface area (Å²) >= 11 is 1.50. The molecule has 8 heteroatoms. The highest BCUT2D eigenvalue weighted by atomic mass is 32.2. The summed E-state index contributed by atoms with van der Waals surface area (Å²) in [4.78, 5) is 26.3. The summed E-state index contributed by atoms with van der Waals surface area (Å²) in [5.41, 5.74) is 1.29. The van der Waals surface area contributed by atoms with Crippen molar-refractivity contribution in [2.75, 3.05) is 26.0 Å². The van der Waals surface area contributed by atoms with E-state index in [4.69, 9.17) is 4.74 Å². The second kappa shape index (κ2) is 9.03. The summed E-state index contributed by atoms with van der Waals surface area (Å²) in [6, 6.07) is 7.03. The fourth-order valence-corrected chi connectivity index (χ4v) is 3.68. The number of aryl methyl sites for hydroxylation is 1. The Labute approximate surface area is 163 Å². The summed E-state index contributed by atoms with van der Waals surface area (Å²) in [5, 5.41) is 8.97. The highest BCUT2D eigenvalue weighted by Gasteiger charge is 2.18. The van der Waals surface area contributed by atoms with Crippen LogP contribution in [0.5, 0.6) is 0 Å². The molecule has 1 aromatic carbocycles. The lowest BCUT2D eigenvalue weighted by atomic mass is 10.2. The van der Waals surface area contributed by atoms with E-state index in [0.29, 0.717) is 5.56 Å². The Balaban J connectivity index is 1.60. The van der Waals surface area contributed by atoms with Crippen molar-refractivity contribution in [1.82, 2.24) is 19.7 Å². The molecule has 2 aromatic rings. The first-order chi connectivity index (χ1) is 13.1. The molecular formula is C19H24N4O3S. The molecule has 0 atom stereocenters. The molecule has 0 aliphatic carbocycles. The minimum Gasteiger partial charge on any atom is -0.452 e. The predicted molar refractivity (Wildman–Crippen MR) is 103 cm³/mol. The molecule has 1 fully saturated rings. The Morgan fingerprint density at radius 2 is 1.74 bits per heavy atom. The summed E-state index contributed by atoms with van der Waals surface area (Å²) in [6.07, 6.45) is 6.27. The van der Waals surface area contributed by atoms with Crippen molar-refractivity contribution in [2.45, 2.75) is 37.8 Å². The molecule has 7 nitrogen and oxygen atoms in total. The van der Waals surface area contributed by atoms with Gasteiger partial charge in [0.25, 0.3) is 5.91 Å². The Bertz CT molecular complexity index is 796. The standard InChI is InChI=1S/C19H24N4O3S/c1-14-20-21-19(27-2)23(14)16-9-7-15(8-10-16)18(25)26-13-17(24)22-11-5-3-4-6-12-22/h7-10H,3-6,11-13H2,1-2H3. The van der Waals surface area contributed by atoms with E-state index in [1.165, 1.54) is 11.8 Å². The van der Waals surface area contributed by atoms with E-state index < -0.39 is 5.97 Å². The van der Waals surface area contributed by atoms with Gasteiger partial charge in [0.1, 0.15) is 5.82 Å². The number of benzene rings is 1. The fourth-order valence-electron chi connectivity index (χ4n) is 3.14. The number of carbonyl (C=O) groups excluding carboxylic acids is 2. The first kappa shape index (κ1) is 19.4. The maximum Gasteiger partial charge on any atom is 0.338 e. The second-order valence-electron chi connectivity index (χ2n) is 6.49. The SMILES string of the molecule is CSc1nnc(C)n1-c1ccc(C(=O)OCC(=O)N2CCCCCC2)cc1. The Kier molecular flexibility index (Phi) is 6.49. The smallest absolute Gasteiger partial charge is 0.338 e. The summed E-state index contributed by atoms with van der Waals surface area (Å²) in [5.74, 6) is 0.166. The van der Waals surface area contributed by atoms with E-state index in [0.717, 1.165) is 55.4 Å². The van der Waals surface area contributed by atoms with Crippen LogP contribution in [-0.2, 0) is 9.53 Å². The Hall–Kier alpha value is -2.35. The zero-order chi connectivity index (χ0) is 19.2. The molecule has 1 amide bonds. The van der Waals surface area contributed by atoms with Gasteiger partial charge in [-0.3, -0.25) is 9.36 Å². The minimum absolute atomic E-state index is 0.119. The van der Waals surface area contributed by atoms with Crippen molar-refractivity contribution in [1.29, 1.82) is 0 Å². The summed E-state index contributed by atoms with van der Waals surface area (Å²) in [7, 11) is 0. The third-order valence-electron chi connectivity index (χ3n) is 4.62. The number of esters is 1. The van der Waals surface area contributed by atoms with Crippen molar-refractivity contribution in [3.05, 3.63) is 35.7 Å². The third-order valence-corrected chi connectivity index (χ3v) is 5.25. The van der Waals surface area contributed by atoms with E-state index in [-0.39, 0.29) is 12.5 Å². The third kappa shape index (κ3) is 4.68. The number of thioether (sulfide) groups is 1. The zero-order valence-corrected chi connectivity index (χ0v) is 16.5. The quantitative estimate of drug-likeness (QED) is 0.579. The first-order valence-electron chi connectivity index (χ1n) is 9.11. The number of likely N-dealkylation sites (tertiary alicyclic amines) is 1. The molecule has 2 heterocycles. The maximum absolute atomic E-state index is 12.3. The lowest BCUT2D eigenvalue weighted by molar-refractivity contribution is -0.134. The molecule has 0 spiro atoms. The molecule has 3 rings (SSSR count). The fraction of sp³-hybridized carbons (Fsp3) is 0.474. The topological polar surface area (TPSA) is 77.3 Å². The number of aromatic nitrogens is 3. The average molecular weight is 388 g/mol. The van der Waals surface area contributed by atoms with Crippen molar-refractivity contribution < 1.29 is 14.3 Å². The molecule has 0 bridgehead atoms. The number of ether oxygens (including phenoxy) is 1. The number of carbonyl (C=O) groups is 2. The van der Waals surface area contributed by atoms with Gasteiger partial charge in [0.05, 0.1) is 5.56 Å². The van der Waals surface area contributed by atoms with E-state index in [2.05, 4.69) is 10.2 Å². The molecule has 1 aromatic heterocycles. The van der Waals surface area contributed by atoms with Crippen LogP contribution in [0.4, 0.5) is 0 Å². The highest BCUT2D eigenvalue weighted by Crippen LogP contribution is 2.20. The van der Waals surface area contributed by atoms with Crippen LogP contribution in [0.1, 0.15) is 41.9 Å². The largest absolute Gasteiger partial charge is 0.452 e. The van der Waals surface area contributed by atoms with Crippen LogP contribution >= 0.6 is 11.8 Å².